The topological polar surface area (TPSA) is 45.6 Å². The first-order chi connectivity index (χ1) is 11.7. The standard InChI is InChI=1S/C20H27N3O2/c1-14-17(15-8-6-7-9-16(15)21(14)5)18(24)22-10-12-23(13-11-22)19(25)20(2,3)4/h6-9H,10-13H2,1-5H3. The number of piperazine rings is 1. The van der Waals surface area contributed by atoms with Crippen LogP contribution >= 0.6 is 0 Å². The second kappa shape index (κ2) is 6.21. The molecular formula is C20H27N3O2. The van der Waals surface area contributed by atoms with Crippen LogP contribution in [0.3, 0.4) is 0 Å². The van der Waals surface area contributed by atoms with Crippen molar-refractivity contribution in [2.24, 2.45) is 12.5 Å². The van der Waals surface area contributed by atoms with E-state index in [0.29, 0.717) is 26.2 Å². The van der Waals surface area contributed by atoms with Gasteiger partial charge in [0.05, 0.1) is 5.56 Å². The van der Waals surface area contributed by atoms with Crippen molar-refractivity contribution in [2.75, 3.05) is 26.2 Å². The molecule has 0 N–H and O–H groups in total. The van der Waals surface area contributed by atoms with Crippen LogP contribution in [-0.4, -0.2) is 52.4 Å². The second-order valence-corrected chi connectivity index (χ2v) is 7.87. The molecule has 1 aliphatic heterocycles. The van der Waals surface area contributed by atoms with Crippen molar-refractivity contribution in [1.29, 1.82) is 0 Å². The van der Waals surface area contributed by atoms with E-state index in [4.69, 9.17) is 0 Å². The zero-order valence-corrected chi connectivity index (χ0v) is 15.8. The van der Waals surface area contributed by atoms with Crippen LogP contribution in [0.1, 0.15) is 36.8 Å². The van der Waals surface area contributed by atoms with Gasteiger partial charge in [0.2, 0.25) is 5.91 Å². The van der Waals surface area contributed by atoms with Gasteiger partial charge in [-0.1, -0.05) is 39.0 Å². The number of carbonyl (C=O) groups is 2. The average Bonchev–Trinajstić information content (AvgIpc) is 2.84. The number of carbonyl (C=O) groups excluding carboxylic acids is 2. The lowest BCUT2D eigenvalue weighted by Crippen LogP contribution is -2.53. The molecule has 5 heteroatoms. The molecule has 134 valence electrons. The average molecular weight is 341 g/mol. The van der Waals surface area contributed by atoms with Crippen molar-refractivity contribution in [3.63, 3.8) is 0 Å². The molecule has 2 aromatic rings. The molecule has 0 bridgehead atoms. The quantitative estimate of drug-likeness (QED) is 0.801. The highest BCUT2D eigenvalue weighted by Gasteiger charge is 2.32. The summed E-state index contributed by atoms with van der Waals surface area (Å²) in [5, 5.41) is 1.00. The van der Waals surface area contributed by atoms with Crippen LogP contribution in [0.2, 0.25) is 0 Å². The van der Waals surface area contributed by atoms with Gasteiger partial charge >= 0.3 is 0 Å². The van der Waals surface area contributed by atoms with E-state index < -0.39 is 0 Å². The highest BCUT2D eigenvalue weighted by atomic mass is 16.2. The van der Waals surface area contributed by atoms with Crippen LogP contribution < -0.4 is 0 Å². The summed E-state index contributed by atoms with van der Waals surface area (Å²) in [4.78, 5) is 29.3. The first-order valence-corrected chi connectivity index (χ1v) is 8.84. The molecule has 1 aliphatic rings. The molecule has 2 heterocycles. The highest BCUT2D eigenvalue weighted by molar-refractivity contribution is 6.08. The van der Waals surface area contributed by atoms with Crippen molar-refractivity contribution in [1.82, 2.24) is 14.4 Å². The van der Waals surface area contributed by atoms with Gasteiger partial charge in [0.15, 0.2) is 0 Å². The Morgan fingerprint density at radius 3 is 2.12 bits per heavy atom. The van der Waals surface area contributed by atoms with Crippen LogP contribution in [0.5, 0.6) is 0 Å². The smallest absolute Gasteiger partial charge is 0.256 e. The number of aryl methyl sites for hydroxylation is 1. The van der Waals surface area contributed by atoms with E-state index in [1.807, 2.05) is 68.8 Å². The van der Waals surface area contributed by atoms with Crippen molar-refractivity contribution >= 4 is 22.7 Å². The Labute approximate surface area is 149 Å². The third kappa shape index (κ3) is 3.03. The summed E-state index contributed by atoms with van der Waals surface area (Å²) >= 11 is 0. The fourth-order valence-corrected chi connectivity index (χ4v) is 3.54. The van der Waals surface area contributed by atoms with Crippen molar-refractivity contribution in [3.05, 3.63) is 35.5 Å². The Morgan fingerprint density at radius 1 is 0.960 bits per heavy atom. The minimum Gasteiger partial charge on any atom is -0.347 e. The van der Waals surface area contributed by atoms with Gasteiger partial charge in [-0.2, -0.15) is 0 Å². The summed E-state index contributed by atoms with van der Waals surface area (Å²) in [5.74, 6) is 0.220. The van der Waals surface area contributed by atoms with E-state index in [-0.39, 0.29) is 17.2 Å². The Hall–Kier alpha value is -2.30. The molecule has 1 aromatic heterocycles. The Kier molecular flexibility index (Phi) is 4.35. The van der Waals surface area contributed by atoms with Gasteiger partial charge < -0.3 is 14.4 Å². The van der Waals surface area contributed by atoms with E-state index in [0.717, 1.165) is 22.2 Å². The monoisotopic (exact) mass is 341 g/mol. The molecule has 0 atom stereocenters. The molecule has 25 heavy (non-hydrogen) atoms. The van der Waals surface area contributed by atoms with Gasteiger partial charge in [0.25, 0.3) is 5.91 Å². The first kappa shape index (κ1) is 17.5. The fourth-order valence-electron chi connectivity index (χ4n) is 3.54. The molecule has 0 radical (unpaired) electrons. The fraction of sp³-hybridized carbons (Fsp3) is 0.500. The van der Waals surface area contributed by atoms with E-state index in [1.165, 1.54) is 0 Å². The third-order valence-corrected chi connectivity index (χ3v) is 5.11. The first-order valence-electron chi connectivity index (χ1n) is 8.84. The molecule has 0 aliphatic carbocycles. The second-order valence-electron chi connectivity index (χ2n) is 7.87. The van der Waals surface area contributed by atoms with E-state index in [9.17, 15) is 9.59 Å². The zero-order chi connectivity index (χ0) is 18.4. The van der Waals surface area contributed by atoms with E-state index in [1.54, 1.807) is 0 Å². The van der Waals surface area contributed by atoms with Crippen LogP contribution in [0.4, 0.5) is 0 Å². The highest BCUT2D eigenvalue weighted by Crippen LogP contribution is 2.27. The number of rotatable bonds is 1. The maximum Gasteiger partial charge on any atom is 0.256 e. The van der Waals surface area contributed by atoms with Gasteiger partial charge in [-0.15, -0.1) is 0 Å². The Balaban J connectivity index is 1.80. The van der Waals surface area contributed by atoms with Gasteiger partial charge in [0, 0.05) is 55.2 Å². The zero-order valence-electron chi connectivity index (χ0n) is 15.8. The van der Waals surface area contributed by atoms with Gasteiger partial charge in [0.1, 0.15) is 0 Å². The van der Waals surface area contributed by atoms with Crippen molar-refractivity contribution in [3.8, 4) is 0 Å². The molecule has 3 rings (SSSR count). The third-order valence-electron chi connectivity index (χ3n) is 5.11. The summed E-state index contributed by atoms with van der Waals surface area (Å²) in [5.41, 5.74) is 2.47. The Bertz CT molecular complexity index is 821. The van der Waals surface area contributed by atoms with Crippen LogP contribution in [0, 0.1) is 12.3 Å². The number of fused-ring (bicyclic) bond motifs is 1. The van der Waals surface area contributed by atoms with Gasteiger partial charge in [-0.3, -0.25) is 9.59 Å². The molecule has 2 amide bonds. The number of para-hydroxylation sites is 1. The minimum atomic E-state index is -0.377. The van der Waals surface area contributed by atoms with Crippen LogP contribution in [0.15, 0.2) is 24.3 Å². The number of hydrogen-bond acceptors (Lipinski definition) is 2. The lowest BCUT2D eigenvalue weighted by atomic mass is 9.94. The normalized spacial score (nSPS) is 15.7. The largest absolute Gasteiger partial charge is 0.347 e. The molecule has 1 saturated heterocycles. The summed E-state index contributed by atoms with van der Waals surface area (Å²) < 4.78 is 2.07. The lowest BCUT2D eigenvalue weighted by molar-refractivity contribution is -0.140. The summed E-state index contributed by atoms with van der Waals surface area (Å²) in [6.07, 6.45) is 0. The SMILES string of the molecule is Cc1c(C(=O)N2CCN(C(=O)C(C)(C)C)CC2)c2ccccc2n1C. The molecule has 0 spiro atoms. The minimum absolute atomic E-state index is 0.0668. The van der Waals surface area contributed by atoms with Gasteiger partial charge in [-0.25, -0.2) is 0 Å². The summed E-state index contributed by atoms with van der Waals surface area (Å²) in [7, 11) is 1.99. The Morgan fingerprint density at radius 2 is 1.52 bits per heavy atom. The number of hydrogen-bond donors (Lipinski definition) is 0. The predicted molar refractivity (Wildman–Crippen MR) is 99.6 cm³/mol. The van der Waals surface area contributed by atoms with Crippen LogP contribution in [0.25, 0.3) is 10.9 Å². The van der Waals surface area contributed by atoms with Crippen molar-refractivity contribution in [2.45, 2.75) is 27.7 Å². The molecule has 1 fully saturated rings. The number of nitrogens with zero attached hydrogens (tertiary/aromatic N) is 3. The van der Waals surface area contributed by atoms with E-state index in [2.05, 4.69) is 4.57 Å². The number of aromatic nitrogens is 1. The van der Waals surface area contributed by atoms with Crippen LogP contribution in [-0.2, 0) is 11.8 Å². The summed E-state index contributed by atoms with van der Waals surface area (Å²) in [6.45, 7) is 10.2. The predicted octanol–water partition coefficient (Wildman–Crippen LogP) is 2.82. The lowest BCUT2D eigenvalue weighted by Gasteiger charge is -2.37. The molecule has 0 saturated carbocycles. The van der Waals surface area contributed by atoms with E-state index >= 15 is 0 Å². The molecule has 1 aromatic carbocycles. The summed E-state index contributed by atoms with van der Waals surface area (Å²) in [6, 6.07) is 8.01. The number of benzene rings is 1. The van der Waals surface area contributed by atoms with Crippen molar-refractivity contribution < 1.29 is 9.59 Å². The maximum absolute atomic E-state index is 13.1. The molecule has 0 unspecified atom stereocenters. The maximum atomic E-state index is 13.1. The molecular weight excluding hydrogens is 314 g/mol. The molecule has 5 nitrogen and oxygen atoms in total. The van der Waals surface area contributed by atoms with Gasteiger partial charge in [-0.05, 0) is 13.0 Å². The number of amides is 2.